The number of nitrogens with zero attached hydrogens (tertiary/aromatic N) is 1. The Bertz CT molecular complexity index is 800. The number of fused-ring (bicyclic) bond motifs is 1. The number of amides is 2. The van der Waals surface area contributed by atoms with Gasteiger partial charge in [-0.1, -0.05) is 38.1 Å². The zero-order chi connectivity index (χ0) is 23.8. The number of allylic oxidation sites excluding steroid dienone is 1. The standard InChI is InChI=1S/C23H34N2O6S/c1-5-14(6-2)11-12-17(26)19(27)20(28)21(31-4)22(29)24-15-13-32-18-10-8-7-9-16(18)25(3)23(15)30/h7-12,14-15,17,19-21,26-28H,5-6,13H2,1-4H3,(H,24,29)/t15?,17-,19+,20-,21-/m1/s1. The quantitative estimate of drug-likeness (QED) is 0.384. The predicted molar refractivity (Wildman–Crippen MR) is 125 cm³/mol. The number of anilines is 1. The van der Waals surface area contributed by atoms with Crippen molar-refractivity contribution in [3.8, 4) is 0 Å². The van der Waals surface area contributed by atoms with Gasteiger partial charge in [0.15, 0.2) is 6.10 Å². The minimum absolute atomic E-state index is 0.246. The zero-order valence-corrected chi connectivity index (χ0v) is 19.8. The number of aliphatic hydroxyl groups excluding tert-OH is 3. The molecule has 0 bridgehead atoms. The molecule has 1 aromatic carbocycles. The van der Waals surface area contributed by atoms with Crippen molar-refractivity contribution in [3.63, 3.8) is 0 Å². The molecule has 0 saturated carbocycles. The summed E-state index contributed by atoms with van der Waals surface area (Å²) in [5, 5.41) is 33.7. The number of likely N-dealkylation sites (N-methyl/N-ethyl adjacent to an activating group) is 1. The number of carbonyl (C=O) groups is 2. The summed E-state index contributed by atoms with van der Waals surface area (Å²) in [6, 6.07) is 6.61. The lowest BCUT2D eigenvalue weighted by molar-refractivity contribution is -0.150. The molecule has 178 valence electrons. The molecule has 0 spiro atoms. The molecule has 4 N–H and O–H groups in total. The topological polar surface area (TPSA) is 119 Å². The molecule has 2 amide bonds. The van der Waals surface area contributed by atoms with Gasteiger partial charge in [0.2, 0.25) is 5.91 Å². The maximum atomic E-state index is 12.9. The Labute approximate surface area is 193 Å². The van der Waals surface area contributed by atoms with Crippen LogP contribution in [0.2, 0.25) is 0 Å². The summed E-state index contributed by atoms with van der Waals surface area (Å²) in [6.45, 7) is 4.04. The number of rotatable bonds is 10. The van der Waals surface area contributed by atoms with Gasteiger partial charge in [-0.15, -0.1) is 11.8 Å². The third kappa shape index (κ3) is 6.32. The highest BCUT2D eigenvalue weighted by Gasteiger charge is 2.38. The Morgan fingerprint density at radius 3 is 2.50 bits per heavy atom. The summed E-state index contributed by atoms with van der Waals surface area (Å²) in [6.07, 6.45) is -1.18. The summed E-state index contributed by atoms with van der Waals surface area (Å²) in [5.74, 6) is -0.486. The Hall–Kier alpha value is -1.91. The molecule has 32 heavy (non-hydrogen) atoms. The molecule has 1 aromatic rings. The number of aliphatic hydroxyl groups is 3. The number of carbonyl (C=O) groups excluding carboxylic acids is 2. The van der Waals surface area contributed by atoms with Gasteiger partial charge in [-0.05, 0) is 30.9 Å². The highest BCUT2D eigenvalue weighted by atomic mass is 32.2. The molecule has 1 aliphatic heterocycles. The van der Waals surface area contributed by atoms with Crippen molar-refractivity contribution in [2.45, 2.75) is 62.0 Å². The summed E-state index contributed by atoms with van der Waals surface area (Å²) >= 11 is 1.44. The molecule has 1 heterocycles. The van der Waals surface area contributed by atoms with E-state index in [4.69, 9.17) is 4.74 Å². The maximum absolute atomic E-state index is 12.9. The van der Waals surface area contributed by atoms with Crippen LogP contribution in [-0.4, -0.2) is 77.5 Å². The number of benzene rings is 1. The zero-order valence-electron chi connectivity index (χ0n) is 19.0. The first-order valence-electron chi connectivity index (χ1n) is 10.8. The van der Waals surface area contributed by atoms with E-state index >= 15 is 0 Å². The Kier molecular flexibility index (Phi) is 10.2. The molecule has 0 saturated heterocycles. The fourth-order valence-electron chi connectivity index (χ4n) is 3.54. The lowest BCUT2D eigenvalue weighted by Crippen LogP contribution is -2.56. The third-order valence-electron chi connectivity index (χ3n) is 5.73. The van der Waals surface area contributed by atoms with Gasteiger partial charge in [0, 0.05) is 24.8 Å². The number of thioether (sulfide) groups is 1. The number of methoxy groups -OCH3 is 1. The van der Waals surface area contributed by atoms with E-state index in [9.17, 15) is 24.9 Å². The molecule has 9 heteroatoms. The summed E-state index contributed by atoms with van der Waals surface area (Å²) < 4.78 is 5.12. The molecule has 1 aliphatic rings. The molecule has 0 aromatic heterocycles. The first-order chi connectivity index (χ1) is 15.2. The summed E-state index contributed by atoms with van der Waals surface area (Å²) in [4.78, 5) is 28.1. The van der Waals surface area contributed by atoms with Crippen LogP contribution in [-0.2, 0) is 14.3 Å². The molecular formula is C23H34N2O6S. The molecule has 1 unspecified atom stereocenters. The third-order valence-corrected chi connectivity index (χ3v) is 6.89. The highest BCUT2D eigenvalue weighted by Crippen LogP contribution is 2.33. The molecule has 0 fully saturated rings. The lowest BCUT2D eigenvalue weighted by atomic mass is 9.98. The van der Waals surface area contributed by atoms with Gasteiger partial charge in [-0.3, -0.25) is 9.59 Å². The van der Waals surface area contributed by atoms with E-state index in [2.05, 4.69) is 5.32 Å². The second-order valence-electron chi connectivity index (χ2n) is 7.83. The lowest BCUT2D eigenvalue weighted by Gasteiger charge is -2.28. The predicted octanol–water partition coefficient (Wildman–Crippen LogP) is 1.33. The number of hydrogen-bond donors (Lipinski definition) is 4. The van der Waals surface area contributed by atoms with E-state index in [0.717, 1.165) is 23.4 Å². The van der Waals surface area contributed by atoms with Crippen molar-refractivity contribution >= 4 is 29.3 Å². The van der Waals surface area contributed by atoms with Gasteiger partial charge in [0.05, 0.1) is 5.69 Å². The smallest absolute Gasteiger partial charge is 0.252 e. The van der Waals surface area contributed by atoms with Gasteiger partial charge in [-0.25, -0.2) is 0 Å². The van der Waals surface area contributed by atoms with Crippen LogP contribution >= 0.6 is 11.8 Å². The Balaban J connectivity index is 2.06. The first-order valence-corrected chi connectivity index (χ1v) is 11.8. The average Bonchev–Trinajstić information content (AvgIpc) is 2.91. The minimum atomic E-state index is -1.69. The number of hydrogen-bond acceptors (Lipinski definition) is 7. The van der Waals surface area contributed by atoms with Crippen molar-refractivity contribution in [3.05, 3.63) is 36.4 Å². The second-order valence-corrected chi connectivity index (χ2v) is 8.89. The first kappa shape index (κ1) is 26.3. The van der Waals surface area contributed by atoms with Crippen molar-refractivity contribution < 1.29 is 29.6 Å². The van der Waals surface area contributed by atoms with Crippen LogP contribution in [0.15, 0.2) is 41.3 Å². The van der Waals surface area contributed by atoms with Crippen LogP contribution < -0.4 is 10.2 Å². The van der Waals surface area contributed by atoms with Gasteiger partial charge in [-0.2, -0.15) is 0 Å². The largest absolute Gasteiger partial charge is 0.387 e. The fraction of sp³-hybridized carbons (Fsp3) is 0.565. The molecule has 8 nitrogen and oxygen atoms in total. The van der Waals surface area contributed by atoms with E-state index in [1.165, 1.54) is 29.8 Å². The molecule has 2 rings (SSSR count). The van der Waals surface area contributed by atoms with Crippen LogP contribution in [0.5, 0.6) is 0 Å². The van der Waals surface area contributed by atoms with Crippen LogP contribution in [0, 0.1) is 5.92 Å². The fourth-order valence-corrected chi connectivity index (χ4v) is 4.64. The minimum Gasteiger partial charge on any atom is -0.387 e. The van der Waals surface area contributed by atoms with Crippen molar-refractivity contribution in [2.24, 2.45) is 5.92 Å². The maximum Gasteiger partial charge on any atom is 0.252 e. The Morgan fingerprint density at radius 1 is 1.22 bits per heavy atom. The average molecular weight is 467 g/mol. The SMILES string of the molecule is CCC(C=C[C@@H](O)[C@H](O)[C@@H](O)[C@@H](OC)C(=O)NC1CSc2ccccc2N(C)C1=O)CC. The molecule has 5 atom stereocenters. The molecule has 0 radical (unpaired) electrons. The van der Waals surface area contributed by atoms with E-state index in [1.54, 1.807) is 13.1 Å². The van der Waals surface area contributed by atoms with Crippen LogP contribution in [0.3, 0.4) is 0 Å². The summed E-state index contributed by atoms with van der Waals surface area (Å²) in [7, 11) is 2.86. The van der Waals surface area contributed by atoms with E-state index < -0.39 is 36.4 Å². The monoisotopic (exact) mass is 466 g/mol. The molecule has 0 aliphatic carbocycles. The van der Waals surface area contributed by atoms with E-state index in [-0.39, 0.29) is 11.8 Å². The number of nitrogens with one attached hydrogen (secondary N) is 1. The highest BCUT2D eigenvalue weighted by molar-refractivity contribution is 7.99. The van der Waals surface area contributed by atoms with Crippen molar-refractivity contribution in [1.82, 2.24) is 5.32 Å². The number of para-hydroxylation sites is 1. The van der Waals surface area contributed by atoms with Crippen LogP contribution in [0.1, 0.15) is 26.7 Å². The van der Waals surface area contributed by atoms with Gasteiger partial charge >= 0.3 is 0 Å². The molecular weight excluding hydrogens is 432 g/mol. The Morgan fingerprint density at radius 2 is 1.88 bits per heavy atom. The normalized spacial score (nSPS) is 20.6. The van der Waals surface area contributed by atoms with E-state index in [1.807, 2.05) is 38.1 Å². The van der Waals surface area contributed by atoms with Gasteiger partial charge < -0.3 is 30.3 Å². The number of ether oxygens (including phenoxy) is 1. The van der Waals surface area contributed by atoms with Gasteiger partial charge in [0.1, 0.15) is 24.4 Å². The van der Waals surface area contributed by atoms with Gasteiger partial charge in [0.25, 0.3) is 5.91 Å². The second kappa shape index (κ2) is 12.4. The van der Waals surface area contributed by atoms with Crippen LogP contribution in [0.4, 0.5) is 5.69 Å². The van der Waals surface area contributed by atoms with Crippen molar-refractivity contribution in [1.29, 1.82) is 0 Å². The van der Waals surface area contributed by atoms with E-state index in [0.29, 0.717) is 5.75 Å². The van der Waals surface area contributed by atoms with Crippen molar-refractivity contribution in [2.75, 3.05) is 24.8 Å². The summed E-state index contributed by atoms with van der Waals surface area (Å²) in [5.41, 5.74) is 0.755. The van der Waals surface area contributed by atoms with Crippen LogP contribution in [0.25, 0.3) is 0 Å².